The Morgan fingerprint density at radius 3 is 2.62 bits per heavy atom. The lowest BCUT2D eigenvalue weighted by molar-refractivity contribution is 0.00500. The van der Waals surface area contributed by atoms with Crippen molar-refractivity contribution in [2.45, 2.75) is 26.0 Å². The Bertz CT molecular complexity index is 558. The van der Waals surface area contributed by atoms with E-state index in [1.807, 2.05) is 55.5 Å². The predicted octanol–water partition coefficient (Wildman–Crippen LogP) is 3.89. The van der Waals surface area contributed by atoms with Gasteiger partial charge in [0, 0.05) is 10.5 Å². The Kier molecular flexibility index (Phi) is 6.23. The summed E-state index contributed by atoms with van der Waals surface area (Å²) in [6, 6.07) is 16.0. The molecular formula is C17H20BrNO2. The molecule has 2 aromatic carbocycles. The minimum Gasteiger partial charge on any atom is -0.468 e. The molecule has 2 aromatic rings. The molecule has 0 aliphatic carbocycles. The van der Waals surface area contributed by atoms with Crippen LogP contribution in [0, 0.1) is 0 Å². The highest BCUT2D eigenvalue weighted by molar-refractivity contribution is 9.10. The van der Waals surface area contributed by atoms with Crippen LogP contribution in [0.5, 0.6) is 5.75 Å². The molecule has 0 bridgehead atoms. The van der Waals surface area contributed by atoms with E-state index in [4.69, 9.17) is 15.2 Å². The topological polar surface area (TPSA) is 44.5 Å². The van der Waals surface area contributed by atoms with Gasteiger partial charge < -0.3 is 15.2 Å². The van der Waals surface area contributed by atoms with Crippen LogP contribution in [0.2, 0.25) is 0 Å². The molecule has 0 saturated carbocycles. The van der Waals surface area contributed by atoms with Gasteiger partial charge in [-0.05, 0) is 42.7 Å². The SMILES string of the molecule is CC(N)Cc1cc(OCOCc2ccccc2)ccc1Br. The quantitative estimate of drug-likeness (QED) is 0.609. The van der Waals surface area contributed by atoms with Crippen LogP contribution in [0.15, 0.2) is 53.0 Å². The molecule has 0 aromatic heterocycles. The molecule has 0 radical (unpaired) electrons. The first kappa shape index (κ1) is 16.0. The van der Waals surface area contributed by atoms with Crippen molar-refractivity contribution in [2.75, 3.05) is 6.79 Å². The van der Waals surface area contributed by atoms with E-state index in [0.717, 1.165) is 27.8 Å². The molecular weight excluding hydrogens is 330 g/mol. The van der Waals surface area contributed by atoms with Crippen molar-refractivity contribution < 1.29 is 9.47 Å². The van der Waals surface area contributed by atoms with Gasteiger partial charge in [0.2, 0.25) is 0 Å². The second-order valence-electron chi connectivity index (χ2n) is 5.03. The first-order valence-electron chi connectivity index (χ1n) is 6.93. The van der Waals surface area contributed by atoms with Crippen molar-refractivity contribution in [3.63, 3.8) is 0 Å². The second-order valence-corrected chi connectivity index (χ2v) is 5.89. The van der Waals surface area contributed by atoms with Gasteiger partial charge in [-0.1, -0.05) is 46.3 Å². The summed E-state index contributed by atoms with van der Waals surface area (Å²) in [7, 11) is 0. The van der Waals surface area contributed by atoms with Crippen LogP contribution >= 0.6 is 15.9 Å². The van der Waals surface area contributed by atoms with Crippen molar-refractivity contribution >= 4 is 15.9 Å². The van der Waals surface area contributed by atoms with E-state index >= 15 is 0 Å². The van der Waals surface area contributed by atoms with Crippen LogP contribution in [0.1, 0.15) is 18.1 Å². The monoisotopic (exact) mass is 349 g/mol. The molecule has 0 aliphatic rings. The number of halogens is 1. The standard InChI is InChI=1S/C17H20BrNO2/c1-13(19)9-15-10-16(7-8-17(15)18)21-12-20-11-14-5-3-2-4-6-14/h2-8,10,13H,9,11-12,19H2,1H3. The van der Waals surface area contributed by atoms with Crippen molar-refractivity contribution in [3.8, 4) is 5.75 Å². The van der Waals surface area contributed by atoms with Crippen LogP contribution in [-0.4, -0.2) is 12.8 Å². The minimum atomic E-state index is 0.117. The third-order valence-corrected chi connectivity index (χ3v) is 3.75. The third-order valence-electron chi connectivity index (χ3n) is 2.98. The van der Waals surface area contributed by atoms with Crippen molar-refractivity contribution in [3.05, 3.63) is 64.1 Å². The molecule has 0 saturated heterocycles. The lowest BCUT2D eigenvalue weighted by Gasteiger charge is -2.11. The molecule has 1 atom stereocenters. The zero-order valence-corrected chi connectivity index (χ0v) is 13.7. The first-order chi connectivity index (χ1) is 10.1. The molecule has 21 heavy (non-hydrogen) atoms. The molecule has 3 nitrogen and oxygen atoms in total. The highest BCUT2D eigenvalue weighted by Gasteiger charge is 2.05. The maximum Gasteiger partial charge on any atom is 0.189 e. The summed E-state index contributed by atoms with van der Waals surface area (Å²) < 4.78 is 12.2. The number of ether oxygens (including phenoxy) is 2. The van der Waals surface area contributed by atoms with Crippen molar-refractivity contribution in [1.82, 2.24) is 0 Å². The van der Waals surface area contributed by atoms with Gasteiger partial charge in [0.25, 0.3) is 0 Å². The van der Waals surface area contributed by atoms with Crippen LogP contribution < -0.4 is 10.5 Å². The van der Waals surface area contributed by atoms with E-state index in [-0.39, 0.29) is 12.8 Å². The van der Waals surface area contributed by atoms with Crippen molar-refractivity contribution in [1.29, 1.82) is 0 Å². The molecule has 0 amide bonds. The van der Waals surface area contributed by atoms with Gasteiger partial charge in [-0.15, -0.1) is 0 Å². The van der Waals surface area contributed by atoms with E-state index < -0.39 is 0 Å². The number of rotatable bonds is 7. The van der Waals surface area contributed by atoms with E-state index in [1.54, 1.807) is 0 Å². The lowest BCUT2D eigenvalue weighted by Crippen LogP contribution is -2.18. The molecule has 0 heterocycles. The number of benzene rings is 2. The molecule has 0 fully saturated rings. The Balaban J connectivity index is 1.83. The summed E-state index contributed by atoms with van der Waals surface area (Å²) in [6.07, 6.45) is 0.808. The molecule has 0 aliphatic heterocycles. The highest BCUT2D eigenvalue weighted by Crippen LogP contribution is 2.23. The molecule has 1 unspecified atom stereocenters. The number of hydrogen-bond acceptors (Lipinski definition) is 3. The molecule has 4 heteroatoms. The van der Waals surface area contributed by atoms with Gasteiger partial charge in [0.15, 0.2) is 6.79 Å². The Labute approximate surface area is 134 Å². The normalized spacial score (nSPS) is 12.1. The molecule has 0 spiro atoms. The summed E-state index contributed by atoms with van der Waals surface area (Å²) in [4.78, 5) is 0. The van der Waals surface area contributed by atoms with Gasteiger partial charge in [0.05, 0.1) is 6.61 Å². The molecule has 112 valence electrons. The summed E-state index contributed by atoms with van der Waals surface area (Å²) in [5, 5.41) is 0. The summed E-state index contributed by atoms with van der Waals surface area (Å²) in [5.74, 6) is 0.793. The summed E-state index contributed by atoms with van der Waals surface area (Å²) in [5.41, 5.74) is 8.12. The van der Waals surface area contributed by atoms with E-state index in [2.05, 4.69) is 15.9 Å². The number of hydrogen-bond donors (Lipinski definition) is 1. The Morgan fingerprint density at radius 2 is 1.90 bits per heavy atom. The average Bonchev–Trinajstić information content (AvgIpc) is 2.47. The second kappa shape index (κ2) is 8.17. The summed E-state index contributed by atoms with van der Waals surface area (Å²) in [6.45, 7) is 2.77. The molecule has 2 rings (SSSR count). The van der Waals surface area contributed by atoms with E-state index in [9.17, 15) is 0 Å². The fraction of sp³-hybridized carbons (Fsp3) is 0.294. The van der Waals surface area contributed by atoms with Gasteiger partial charge in [0.1, 0.15) is 5.75 Å². The minimum absolute atomic E-state index is 0.117. The maximum atomic E-state index is 5.84. The largest absolute Gasteiger partial charge is 0.468 e. The summed E-state index contributed by atoms with van der Waals surface area (Å²) >= 11 is 3.53. The predicted molar refractivity (Wildman–Crippen MR) is 88.2 cm³/mol. The van der Waals surface area contributed by atoms with Gasteiger partial charge in [-0.25, -0.2) is 0 Å². The van der Waals surface area contributed by atoms with Crippen LogP contribution in [0.3, 0.4) is 0 Å². The maximum absolute atomic E-state index is 5.84. The molecule has 2 N–H and O–H groups in total. The zero-order valence-electron chi connectivity index (χ0n) is 12.1. The smallest absolute Gasteiger partial charge is 0.189 e. The van der Waals surface area contributed by atoms with Crippen LogP contribution in [0.25, 0.3) is 0 Å². The van der Waals surface area contributed by atoms with Gasteiger partial charge in [-0.3, -0.25) is 0 Å². The lowest BCUT2D eigenvalue weighted by atomic mass is 10.1. The third kappa shape index (κ3) is 5.50. The number of nitrogens with two attached hydrogens (primary N) is 1. The first-order valence-corrected chi connectivity index (χ1v) is 7.73. The average molecular weight is 350 g/mol. The zero-order chi connectivity index (χ0) is 15.1. The fourth-order valence-corrected chi connectivity index (χ4v) is 2.40. The Morgan fingerprint density at radius 1 is 1.14 bits per heavy atom. The van der Waals surface area contributed by atoms with Crippen LogP contribution in [-0.2, 0) is 17.8 Å². The highest BCUT2D eigenvalue weighted by atomic mass is 79.9. The fourth-order valence-electron chi connectivity index (χ4n) is 1.99. The van der Waals surface area contributed by atoms with E-state index in [1.165, 1.54) is 0 Å². The van der Waals surface area contributed by atoms with Crippen molar-refractivity contribution in [2.24, 2.45) is 5.73 Å². The van der Waals surface area contributed by atoms with Gasteiger partial charge in [-0.2, -0.15) is 0 Å². The van der Waals surface area contributed by atoms with E-state index in [0.29, 0.717) is 6.61 Å². The Hall–Kier alpha value is -1.36. The van der Waals surface area contributed by atoms with Crippen LogP contribution in [0.4, 0.5) is 0 Å². The van der Waals surface area contributed by atoms with Gasteiger partial charge >= 0.3 is 0 Å².